The van der Waals surface area contributed by atoms with Crippen LogP contribution < -0.4 is 10.5 Å². The Morgan fingerprint density at radius 1 is 1.08 bits per heavy atom. The standard InChI is InChI=1S/C17H18N2O5S/c1-11-5-3-4-6-15(11)19-25(22,23)14-9-7-13(8-10-14)17(21)24-12(2)16(18)20/h3-10,12,19H,1-2H3,(H2,18,20)/t12-/m1/s1. The van der Waals surface area contributed by atoms with E-state index in [1.807, 2.05) is 0 Å². The van der Waals surface area contributed by atoms with Crippen molar-refractivity contribution in [2.75, 3.05) is 4.72 Å². The van der Waals surface area contributed by atoms with Crippen molar-refractivity contribution >= 4 is 27.6 Å². The zero-order valence-corrected chi connectivity index (χ0v) is 14.5. The van der Waals surface area contributed by atoms with Gasteiger partial charge in [-0.2, -0.15) is 0 Å². The van der Waals surface area contributed by atoms with Crippen LogP contribution >= 0.6 is 0 Å². The van der Waals surface area contributed by atoms with Crippen molar-refractivity contribution in [2.45, 2.75) is 24.8 Å². The highest BCUT2D eigenvalue weighted by Gasteiger charge is 2.19. The van der Waals surface area contributed by atoms with E-state index >= 15 is 0 Å². The molecule has 0 bridgehead atoms. The summed E-state index contributed by atoms with van der Waals surface area (Å²) in [6, 6.07) is 12.2. The van der Waals surface area contributed by atoms with Gasteiger partial charge in [-0.3, -0.25) is 9.52 Å². The molecule has 2 aromatic carbocycles. The molecule has 2 aromatic rings. The maximum atomic E-state index is 12.4. The van der Waals surface area contributed by atoms with Gasteiger partial charge in [-0.05, 0) is 49.7 Å². The fourth-order valence-corrected chi connectivity index (χ4v) is 3.08. The zero-order chi connectivity index (χ0) is 18.6. The lowest BCUT2D eigenvalue weighted by Crippen LogP contribution is -2.30. The Kier molecular flexibility index (Phi) is 5.43. The Hall–Kier alpha value is -2.87. The first-order valence-electron chi connectivity index (χ1n) is 7.39. The van der Waals surface area contributed by atoms with Crippen LogP contribution in [0.5, 0.6) is 0 Å². The number of aryl methyl sites for hydroxylation is 1. The molecular weight excluding hydrogens is 344 g/mol. The van der Waals surface area contributed by atoms with E-state index in [0.717, 1.165) is 5.56 Å². The number of nitrogens with one attached hydrogen (secondary N) is 1. The molecule has 0 spiro atoms. The molecule has 25 heavy (non-hydrogen) atoms. The predicted molar refractivity (Wildman–Crippen MR) is 92.5 cm³/mol. The van der Waals surface area contributed by atoms with Gasteiger partial charge in [-0.25, -0.2) is 13.2 Å². The van der Waals surface area contributed by atoms with Crippen LogP contribution in [0.25, 0.3) is 0 Å². The normalized spacial score (nSPS) is 12.2. The van der Waals surface area contributed by atoms with Crippen LogP contribution in [0.2, 0.25) is 0 Å². The van der Waals surface area contributed by atoms with Crippen molar-refractivity contribution in [1.82, 2.24) is 0 Å². The molecule has 0 saturated carbocycles. The number of hydrogen-bond acceptors (Lipinski definition) is 5. The lowest BCUT2D eigenvalue weighted by atomic mass is 10.2. The minimum atomic E-state index is -3.79. The molecule has 1 atom stereocenters. The van der Waals surface area contributed by atoms with E-state index < -0.39 is 28.0 Å². The summed E-state index contributed by atoms with van der Waals surface area (Å²) in [5.74, 6) is -1.53. The van der Waals surface area contributed by atoms with Crippen molar-refractivity contribution in [3.05, 3.63) is 59.7 Å². The van der Waals surface area contributed by atoms with Crippen molar-refractivity contribution in [2.24, 2.45) is 5.73 Å². The molecule has 3 N–H and O–H groups in total. The van der Waals surface area contributed by atoms with Gasteiger partial charge in [0.15, 0.2) is 6.10 Å². The third-order valence-corrected chi connectivity index (χ3v) is 4.86. The van der Waals surface area contributed by atoms with Crippen LogP contribution in [-0.4, -0.2) is 26.4 Å². The minimum Gasteiger partial charge on any atom is -0.449 e. The second-order valence-electron chi connectivity index (χ2n) is 5.39. The van der Waals surface area contributed by atoms with E-state index in [-0.39, 0.29) is 10.5 Å². The first-order chi connectivity index (χ1) is 11.7. The smallest absolute Gasteiger partial charge is 0.338 e. The summed E-state index contributed by atoms with van der Waals surface area (Å²) < 4.78 is 32.2. The van der Waals surface area contributed by atoms with Gasteiger partial charge in [0.2, 0.25) is 0 Å². The Morgan fingerprint density at radius 3 is 2.24 bits per heavy atom. The number of esters is 1. The number of para-hydroxylation sites is 1. The van der Waals surface area contributed by atoms with Crippen LogP contribution in [0.15, 0.2) is 53.4 Å². The Morgan fingerprint density at radius 2 is 1.68 bits per heavy atom. The van der Waals surface area contributed by atoms with Crippen molar-refractivity contribution in [3.63, 3.8) is 0 Å². The third-order valence-electron chi connectivity index (χ3n) is 3.47. The second kappa shape index (κ2) is 7.35. The molecule has 0 aliphatic heterocycles. The van der Waals surface area contributed by atoms with E-state index in [0.29, 0.717) is 5.69 Å². The molecule has 0 fully saturated rings. The summed E-state index contributed by atoms with van der Waals surface area (Å²) in [5, 5.41) is 0. The van der Waals surface area contributed by atoms with Crippen molar-refractivity contribution < 1.29 is 22.7 Å². The van der Waals surface area contributed by atoms with Crippen molar-refractivity contribution in [3.8, 4) is 0 Å². The largest absolute Gasteiger partial charge is 0.449 e. The van der Waals surface area contributed by atoms with E-state index in [9.17, 15) is 18.0 Å². The Labute approximate surface area is 145 Å². The van der Waals surface area contributed by atoms with Crippen molar-refractivity contribution in [1.29, 1.82) is 0 Å². The Balaban J connectivity index is 2.17. The van der Waals surface area contributed by atoms with E-state index in [4.69, 9.17) is 10.5 Å². The lowest BCUT2D eigenvalue weighted by molar-refractivity contribution is -0.125. The van der Waals surface area contributed by atoms with Crippen LogP contribution in [0, 0.1) is 6.92 Å². The molecule has 0 unspecified atom stereocenters. The molecule has 2 rings (SSSR count). The van der Waals surface area contributed by atoms with Gasteiger partial charge in [-0.1, -0.05) is 18.2 Å². The molecule has 8 heteroatoms. The fourth-order valence-electron chi connectivity index (χ4n) is 1.95. The lowest BCUT2D eigenvalue weighted by Gasteiger charge is -2.12. The number of benzene rings is 2. The number of amides is 1. The van der Waals surface area contributed by atoms with Crippen LogP contribution in [-0.2, 0) is 19.6 Å². The third kappa shape index (κ3) is 4.57. The number of carbonyl (C=O) groups is 2. The van der Waals surface area contributed by atoms with Gasteiger partial charge in [0.05, 0.1) is 16.1 Å². The number of rotatable bonds is 6. The first-order valence-corrected chi connectivity index (χ1v) is 8.88. The molecule has 7 nitrogen and oxygen atoms in total. The van der Waals surface area contributed by atoms with Gasteiger partial charge in [0.1, 0.15) is 0 Å². The average Bonchev–Trinajstić information content (AvgIpc) is 2.56. The summed E-state index contributed by atoms with van der Waals surface area (Å²) in [5.41, 5.74) is 6.40. The number of carbonyl (C=O) groups excluding carboxylic acids is 2. The number of nitrogens with two attached hydrogens (primary N) is 1. The fraction of sp³-hybridized carbons (Fsp3) is 0.176. The van der Waals surface area contributed by atoms with Gasteiger partial charge >= 0.3 is 5.97 Å². The summed E-state index contributed by atoms with van der Waals surface area (Å²) in [6.45, 7) is 3.14. The average molecular weight is 362 g/mol. The number of primary amides is 1. The molecule has 0 aliphatic rings. The summed E-state index contributed by atoms with van der Waals surface area (Å²) in [6.07, 6.45) is -1.07. The number of hydrogen-bond donors (Lipinski definition) is 2. The van der Waals surface area contributed by atoms with Gasteiger partial charge < -0.3 is 10.5 Å². The minimum absolute atomic E-state index is 0.00440. The topological polar surface area (TPSA) is 116 Å². The van der Waals surface area contributed by atoms with Gasteiger partial charge in [-0.15, -0.1) is 0 Å². The highest BCUT2D eigenvalue weighted by Crippen LogP contribution is 2.20. The molecule has 0 saturated heterocycles. The van der Waals surface area contributed by atoms with E-state index in [2.05, 4.69) is 4.72 Å². The maximum absolute atomic E-state index is 12.4. The molecule has 0 heterocycles. The van der Waals surface area contributed by atoms with Crippen LogP contribution in [0.1, 0.15) is 22.8 Å². The number of sulfonamides is 1. The SMILES string of the molecule is Cc1ccccc1NS(=O)(=O)c1ccc(C(=O)O[C@H](C)C(N)=O)cc1. The summed E-state index contributed by atoms with van der Waals surface area (Å²) >= 11 is 0. The monoisotopic (exact) mass is 362 g/mol. The highest BCUT2D eigenvalue weighted by molar-refractivity contribution is 7.92. The van der Waals surface area contributed by atoms with Crippen LogP contribution in [0.3, 0.4) is 0 Å². The predicted octanol–water partition coefficient (Wildman–Crippen LogP) is 1.83. The summed E-state index contributed by atoms with van der Waals surface area (Å²) in [7, 11) is -3.79. The zero-order valence-electron chi connectivity index (χ0n) is 13.7. The molecule has 0 radical (unpaired) electrons. The highest BCUT2D eigenvalue weighted by atomic mass is 32.2. The Bertz CT molecular complexity index is 892. The van der Waals surface area contributed by atoms with Gasteiger partial charge in [0, 0.05) is 0 Å². The quantitative estimate of drug-likeness (QED) is 0.761. The van der Waals surface area contributed by atoms with Crippen LogP contribution in [0.4, 0.5) is 5.69 Å². The number of anilines is 1. The van der Waals surface area contributed by atoms with Gasteiger partial charge in [0.25, 0.3) is 15.9 Å². The first kappa shape index (κ1) is 18.5. The number of ether oxygens (including phenoxy) is 1. The summed E-state index contributed by atoms with van der Waals surface area (Å²) in [4.78, 5) is 22.8. The maximum Gasteiger partial charge on any atom is 0.338 e. The molecule has 0 aliphatic carbocycles. The molecular formula is C17H18N2O5S. The molecule has 1 amide bonds. The van der Waals surface area contributed by atoms with E-state index in [1.165, 1.54) is 31.2 Å². The van der Waals surface area contributed by atoms with E-state index in [1.54, 1.807) is 31.2 Å². The second-order valence-corrected chi connectivity index (χ2v) is 7.08. The molecule has 132 valence electrons. The molecule has 0 aromatic heterocycles.